The molecule has 114 valence electrons. The summed E-state index contributed by atoms with van der Waals surface area (Å²) in [5, 5.41) is 9.42. The number of aromatic carboxylic acids is 1. The van der Waals surface area contributed by atoms with E-state index in [2.05, 4.69) is 35.2 Å². The summed E-state index contributed by atoms with van der Waals surface area (Å²) in [7, 11) is 0. The lowest BCUT2D eigenvalue weighted by molar-refractivity contribution is 0.0698. The molecule has 5 nitrogen and oxygen atoms in total. The van der Waals surface area contributed by atoms with E-state index in [0.717, 1.165) is 36.5 Å². The van der Waals surface area contributed by atoms with Crippen LogP contribution < -0.4 is 0 Å². The van der Waals surface area contributed by atoms with Gasteiger partial charge >= 0.3 is 5.97 Å². The van der Waals surface area contributed by atoms with Crippen LogP contribution in [0.15, 0.2) is 18.2 Å². The fourth-order valence-corrected chi connectivity index (χ4v) is 2.91. The molecule has 1 atom stereocenters. The van der Waals surface area contributed by atoms with Crippen LogP contribution in [0.4, 0.5) is 0 Å². The van der Waals surface area contributed by atoms with E-state index in [1.54, 1.807) is 12.1 Å². The smallest absolute Gasteiger partial charge is 0.337 e. The Morgan fingerprint density at radius 1 is 1.38 bits per heavy atom. The Labute approximate surface area is 125 Å². The summed E-state index contributed by atoms with van der Waals surface area (Å²) in [5.41, 5.74) is 1.79. The minimum atomic E-state index is -0.906. The number of carboxylic acids is 1. The van der Waals surface area contributed by atoms with Crippen LogP contribution in [0.25, 0.3) is 11.0 Å². The van der Waals surface area contributed by atoms with Crippen molar-refractivity contribution in [3.63, 3.8) is 0 Å². The maximum atomic E-state index is 11.5. The first-order chi connectivity index (χ1) is 9.99. The number of nitrogens with zero attached hydrogens (tertiary/aromatic N) is 3. The zero-order valence-corrected chi connectivity index (χ0v) is 13.1. The van der Waals surface area contributed by atoms with Crippen LogP contribution in [-0.4, -0.2) is 45.2 Å². The molecule has 0 saturated heterocycles. The van der Waals surface area contributed by atoms with Crippen molar-refractivity contribution >= 4 is 17.0 Å². The molecule has 0 fully saturated rings. The van der Waals surface area contributed by atoms with Gasteiger partial charge < -0.3 is 14.6 Å². The van der Waals surface area contributed by atoms with Crippen molar-refractivity contribution in [2.45, 2.75) is 33.7 Å². The molecule has 2 rings (SSSR count). The van der Waals surface area contributed by atoms with Crippen molar-refractivity contribution in [3.05, 3.63) is 29.6 Å². The third-order valence-corrected chi connectivity index (χ3v) is 3.97. The predicted octanol–water partition coefficient (Wildman–Crippen LogP) is 2.95. The number of benzene rings is 1. The first kappa shape index (κ1) is 15.5. The lowest BCUT2D eigenvalue weighted by Gasteiger charge is -2.25. The van der Waals surface area contributed by atoms with Crippen LogP contribution in [0.5, 0.6) is 0 Å². The van der Waals surface area contributed by atoms with Gasteiger partial charge in [-0.25, -0.2) is 9.78 Å². The molecule has 5 heteroatoms. The third-order valence-electron chi connectivity index (χ3n) is 3.97. The third kappa shape index (κ3) is 2.93. The van der Waals surface area contributed by atoms with Crippen LogP contribution in [0.3, 0.4) is 0 Å². The molecule has 0 aliphatic carbocycles. The fraction of sp³-hybridized carbons (Fsp3) is 0.500. The summed E-state index contributed by atoms with van der Waals surface area (Å²) < 4.78 is 2.05. The van der Waals surface area contributed by atoms with Gasteiger partial charge in [0.25, 0.3) is 0 Å². The fourth-order valence-electron chi connectivity index (χ4n) is 2.91. The first-order valence-corrected chi connectivity index (χ1v) is 7.42. The molecule has 0 aliphatic rings. The molecule has 0 aliphatic heterocycles. The zero-order chi connectivity index (χ0) is 15.6. The quantitative estimate of drug-likeness (QED) is 0.888. The van der Waals surface area contributed by atoms with Gasteiger partial charge in [0, 0.05) is 12.6 Å². The Bertz CT molecular complexity index is 644. The molecule has 2 aromatic rings. The molecular weight excluding hydrogens is 266 g/mol. The Morgan fingerprint density at radius 3 is 2.62 bits per heavy atom. The van der Waals surface area contributed by atoms with Gasteiger partial charge in [0.2, 0.25) is 0 Å². The van der Waals surface area contributed by atoms with Gasteiger partial charge in [-0.1, -0.05) is 19.9 Å². The lowest BCUT2D eigenvalue weighted by atomic mass is 10.1. The summed E-state index contributed by atoms with van der Waals surface area (Å²) in [6.07, 6.45) is 0. The standard InChI is InChI=1S/C16H23N3O2/c1-5-18(6-2)10-11(3)19-12(4)17-14-9-7-8-13(15(14)19)16(20)21/h7-9,11H,5-6,10H2,1-4H3,(H,20,21). The van der Waals surface area contributed by atoms with E-state index < -0.39 is 5.97 Å². The van der Waals surface area contributed by atoms with Crippen molar-refractivity contribution in [2.75, 3.05) is 19.6 Å². The lowest BCUT2D eigenvalue weighted by Crippen LogP contribution is -2.30. The van der Waals surface area contributed by atoms with E-state index in [9.17, 15) is 9.90 Å². The second-order valence-electron chi connectivity index (χ2n) is 5.34. The highest BCUT2D eigenvalue weighted by molar-refractivity contribution is 6.01. The zero-order valence-electron chi connectivity index (χ0n) is 13.1. The van der Waals surface area contributed by atoms with Crippen molar-refractivity contribution < 1.29 is 9.90 Å². The number of aromatic nitrogens is 2. The first-order valence-electron chi connectivity index (χ1n) is 7.42. The van der Waals surface area contributed by atoms with Crippen molar-refractivity contribution in [2.24, 2.45) is 0 Å². The molecule has 21 heavy (non-hydrogen) atoms. The summed E-state index contributed by atoms with van der Waals surface area (Å²) in [6.45, 7) is 11.2. The van der Waals surface area contributed by atoms with Gasteiger partial charge in [0.1, 0.15) is 5.82 Å². The number of fused-ring (bicyclic) bond motifs is 1. The monoisotopic (exact) mass is 289 g/mol. The van der Waals surface area contributed by atoms with E-state index in [1.165, 1.54) is 0 Å². The Balaban J connectivity index is 2.52. The second kappa shape index (κ2) is 6.26. The van der Waals surface area contributed by atoms with E-state index in [1.807, 2.05) is 13.0 Å². The van der Waals surface area contributed by atoms with Gasteiger partial charge in [0.15, 0.2) is 0 Å². The number of likely N-dealkylation sites (N-methyl/N-ethyl adjacent to an activating group) is 1. The number of hydrogen-bond donors (Lipinski definition) is 1. The number of para-hydroxylation sites is 1. The summed E-state index contributed by atoms with van der Waals surface area (Å²) >= 11 is 0. The van der Waals surface area contributed by atoms with Crippen molar-refractivity contribution in [1.82, 2.24) is 14.5 Å². The number of rotatable bonds is 6. The molecule has 1 heterocycles. The Hall–Kier alpha value is -1.88. The second-order valence-corrected chi connectivity index (χ2v) is 5.34. The number of hydrogen-bond acceptors (Lipinski definition) is 3. The van der Waals surface area contributed by atoms with Crippen LogP contribution in [0, 0.1) is 6.92 Å². The Morgan fingerprint density at radius 2 is 2.05 bits per heavy atom. The molecule has 0 radical (unpaired) electrons. The highest BCUT2D eigenvalue weighted by Crippen LogP contribution is 2.25. The number of carbonyl (C=O) groups is 1. The maximum absolute atomic E-state index is 11.5. The minimum Gasteiger partial charge on any atom is -0.478 e. The van der Waals surface area contributed by atoms with Crippen LogP contribution in [0.1, 0.15) is 43.0 Å². The molecular formula is C16H23N3O2. The van der Waals surface area contributed by atoms with Crippen molar-refractivity contribution in [3.8, 4) is 0 Å². The molecule has 1 N–H and O–H groups in total. The highest BCUT2D eigenvalue weighted by Gasteiger charge is 2.20. The molecule has 1 aromatic heterocycles. The van der Waals surface area contributed by atoms with Gasteiger partial charge in [-0.15, -0.1) is 0 Å². The molecule has 1 unspecified atom stereocenters. The predicted molar refractivity (Wildman–Crippen MR) is 83.9 cm³/mol. The summed E-state index contributed by atoms with van der Waals surface area (Å²) in [6, 6.07) is 5.44. The maximum Gasteiger partial charge on any atom is 0.337 e. The Kier molecular flexibility index (Phi) is 4.63. The van der Waals surface area contributed by atoms with Gasteiger partial charge in [-0.05, 0) is 39.1 Å². The average molecular weight is 289 g/mol. The SMILES string of the molecule is CCN(CC)CC(C)n1c(C)nc2cccc(C(=O)O)c21. The van der Waals surface area contributed by atoms with Gasteiger partial charge in [-0.3, -0.25) is 0 Å². The van der Waals surface area contributed by atoms with Gasteiger partial charge in [0.05, 0.1) is 16.6 Å². The van der Waals surface area contributed by atoms with Crippen molar-refractivity contribution in [1.29, 1.82) is 0 Å². The highest BCUT2D eigenvalue weighted by atomic mass is 16.4. The molecule has 0 spiro atoms. The number of carboxylic acid groups (broad SMARTS) is 1. The molecule has 0 amide bonds. The molecule has 1 aromatic carbocycles. The van der Waals surface area contributed by atoms with E-state index in [0.29, 0.717) is 5.56 Å². The van der Waals surface area contributed by atoms with E-state index in [4.69, 9.17) is 0 Å². The van der Waals surface area contributed by atoms with Gasteiger partial charge in [-0.2, -0.15) is 0 Å². The van der Waals surface area contributed by atoms with Crippen LogP contribution in [0.2, 0.25) is 0 Å². The number of imidazole rings is 1. The number of aryl methyl sites for hydroxylation is 1. The average Bonchev–Trinajstić information content (AvgIpc) is 2.79. The topological polar surface area (TPSA) is 58.4 Å². The van der Waals surface area contributed by atoms with Crippen LogP contribution >= 0.6 is 0 Å². The molecule has 0 saturated carbocycles. The summed E-state index contributed by atoms with van der Waals surface area (Å²) in [4.78, 5) is 18.3. The van der Waals surface area contributed by atoms with Crippen LogP contribution in [-0.2, 0) is 0 Å². The molecule has 0 bridgehead atoms. The van der Waals surface area contributed by atoms with E-state index in [-0.39, 0.29) is 6.04 Å². The van der Waals surface area contributed by atoms with E-state index >= 15 is 0 Å². The summed E-state index contributed by atoms with van der Waals surface area (Å²) in [5.74, 6) is -0.0462. The normalized spacial score (nSPS) is 13.0. The largest absolute Gasteiger partial charge is 0.478 e. The minimum absolute atomic E-state index is 0.176.